The summed E-state index contributed by atoms with van der Waals surface area (Å²) in [6.07, 6.45) is 9.34. The Balaban J connectivity index is 1.29. The number of hydrogen-bond acceptors (Lipinski definition) is 2. The Morgan fingerprint density at radius 3 is 3.00 bits per heavy atom. The maximum absolute atomic E-state index is 13.3. The summed E-state index contributed by atoms with van der Waals surface area (Å²) in [7, 11) is 0. The van der Waals surface area contributed by atoms with Crippen LogP contribution in [0.2, 0.25) is 0 Å². The summed E-state index contributed by atoms with van der Waals surface area (Å²) < 4.78 is 15.3. The van der Waals surface area contributed by atoms with Gasteiger partial charge in [0.1, 0.15) is 5.82 Å². The van der Waals surface area contributed by atoms with Crippen molar-refractivity contribution in [3.05, 3.63) is 54.4 Å². The Morgan fingerprint density at radius 2 is 2.24 bits per heavy atom. The second kappa shape index (κ2) is 6.86. The molecule has 1 aromatic heterocycles. The van der Waals surface area contributed by atoms with Crippen molar-refractivity contribution in [1.82, 2.24) is 19.8 Å². The molecule has 6 heteroatoms. The SMILES string of the molecule is O=C(NC1CC(c2cccc(F)c2)C1)N1CCC[C@@H]1Cn1ccnc1. The minimum absolute atomic E-state index is 0.0327. The third-order valence-corrected chi connectivity index (χ3v) is 5.40. The van der Waals surface area contributed by atoms with E-state index in [0.717, 1.165) is 44.3 Å². The first-order chi connectivity index (χ1) is 12.2. The molecule has 1 N–H and O–H groups in total. The molecule has 2 aromatic rings. The summed E-state index contributed by atoms with van der Waals surface area (Å²) in [4.78, 5) is 18.6. The Morgan fingerprint density at radius 1 is 1.36 bits per heavy atom. The molecule has 132 valence electrons. The number of nitrogens with zero attached hydrogens (tertiary/aromatic N) is 3. The van der Waals surface area contributed by atoms with E-state index >= 15 is 0 Å². The molecule has 2 aliphatic rings. The molecule has 1 aliphatic heterocycles. The van der Waals surface area contributed by atoms with Crippen LogP contribution in [0.1, 0.15) is 37.2 Å². The molecule has 2 heterocycles. The van der Waals surface area contributed by atoms with Gasteiger partial charge in [-0.05, 0) is 49.3 Å². The molecule has 1 atom stereocenters. The van der Waals surface area contributed by atoms with Gasteiger partial charge < -0.3 is 14.8 Å². The predicted molar refractivity (Wildman–Crippen MR) is 92.6 cm³/mol. The Kier molecular flexibility index (Phi) is 4.42. The van der Waals surface area contributed by atoms with Crippen molar-refractivity contribution in [3.63, 3.8) is 0 Å². The number of amides is 2. The van der Waals surface area contributed by atoms with Crippen LogP contribution >= 0.6 is 0 Å². The lowest BCUT2D eigenvalue weighted by atomic mass is 9.76. The third-order valence-electron chi connectivity index (χ3n) is 5.40. The van der Waals surface area contributed by atoms with Crippen molar-refractivity contribution in [2.24, 2.45) is 0 Å². The number of urea groups is 1. The second-order valence-electron chi connectivity index (χ2n) is 7.12. The van der Waals surface area contributed by atoms with Gasteiger partial charge >= 0.3 is 6.03 Å². The molecule has 5 nitrogen and oxygen atoms in total. The Labute approximate surface area is 146 Å². The van der Waals surface area contributed by atoms with E-state index in [1.54, 1.807) is 24.7 Å². The summed E-state index contributed by atoms with van der Waals surface area (Å²) in [5.74, 6) is 0.158. The maximum atomic E-state index is 13.3. The van der Waals surface area contributed by atoms with E-state index in [-0.39, 0.29) is 23.9 Å². The molecule has 2 fully saturated rings. The van der Waals surface area contributed by atoms with Crippen molar-refractivity contribution in [3.8, 4) is 0 Å². The first-order valence-corrected chi connectivity index (χ1v) is 8.97. The number of carbonyl (C=O) groups is 1. The van der Waals surface area contributed by atoms with Gasteiger partial charge in [0.2, 0.25) is 0 Å². The normalized spacial score (nSPS) is 25.6. The zero-order valence-electron chi connectivity index (χ0n) is 14.1. The van der Waals surface area contributed by atoms with E-state index in [9.17, 15) is 9.18 Å². The molecule has 0 bridgehead atoms. The highest BCUT2D eigenvalue weighted by Crippen LogP contribution is 2.37. The first kappa shape index (κ1) is 16.1. The molecule has 1 saturated heterocycles. The van der Waals surface area contributed by atoms with Crippen molar-refractivity contribution in [1.29, 1.82) is 0 Å². The largest absolute Gasteiger partial charge is 0.335 e. The summed E-state index contributed by atoms with van der Waals surface area (Å²) in [5.41, 5.74) is 1.03. The van der Waals surface area contributed by atoms with Gasteiger partial charge in [-0.3, -0.25) is 0 Å². The van der Waals surface area contributed by atoms with Crippen LogP contribution in [0.4, 0.5) is 9.18 Å². The molecular formula is C19H23FN4O. The second-order valence-corrected chi connectivity index (χ2v) is 7.12. The lowest BCUT2D eigenvalue weighted by molar-refractivity contribution is 0.173. The summed E-state index contributed by atoms with van der Waals surface area (Å²) in [6, 6.07) is 7.24. The van der Waals surface area contributed by atoms with Gasteiger partial charge in [0.05, 0.1) is 12.4 Å². The van der Waals surface area contributed by atoms with Crippen molar-refractivity contribution in [2.45, 2.75) is 50.2 Å². The molecule has 1 aromatic carbocycles. The lowest BCUT2D eigenvalue weighted by Crippen LogP contribution is -2.51. The Bertz CT molecular complexity index is 727. The van der Waals surface area contributed by atoms with E-state index in [0.29, 0.717) is 5.92 Å². The van der Waals surface area contributed by atoms with Gasteiger partial charge in [-0.15, -0.1) is 0 Å². The fourth-order valence-corrected chi connectivity index (χ4v) is 3.96. The third kappa shape index (κ3) is 3.52. The van der Waals surface area contributed by atoms with Gasteiger partial charge in [-0.25, -0.2) is 14.2 Å². The van der Waals surface area contributed by atoms with Crippen LogP contribution < -0.4 is 5.32 Å². The van der Waals surface area contributed by atoms with E-state index in [2.05, 4.69) is 10.3 Å². The molecule has 0 unspecified atom stereocenters. The van der Waals surface area contributed by atoms with Crippen LogP contribution in [-0.2, 0) is 6.54 Å². The predicted octanol–water partition coefficient (Wildman–Crippen LogP) is 3.14. The summed E-state index contributed by atoms with van der Waals surface area (Å²) >= 11 is 0. The van der Waals surface area contributed by atoms with Crippen LogP contribution in [0.15, 0.2) is 43.0 Å². The molecule has 0 radical (unpaired) electrons. The summed E-state index contributed by atoms with van der Waals surface area (Å²) in [5, 5.41) is 3.15. The number of nitrogens with one attached hydrogen (secondary N) is 1. The molecular weight excluding hydrogens is 319 g/mol. The zero-order valence-corrected chi connectivity index (χ0v) is 14.1. The van der Waals surface area contributed by atoms with Crippen LogP contribution in [0.25, 0.3) is 0 Å². The van der Waals surface area contributed by atoms with Gasteiger partial charge in [0.25, 0.3) is 0 Å². The zero-order chi connectivity index (χ0) is 17.2. The van der Waals surface area contributed by atoms with Crippen LogP contribution in [0.3, 0.4) is 0 Å². The average molecular weight is 342 g/mol. The molecule has 4 rings (SSSR count). The van der Waals surface area contributed by atoms with Gasteiger partial charge in [-0.2, -0.15) is 0 Å². The minimum atomic E-state index is -0.190. The van der Waals surface area contributed by atoms with E-state index < -0.39 is 0 Å². The van der Waals surface area contributed by atoms with Crippen molar-refractivity contribution in [2.75, 3.05) is 6.54 Å². The summed E-state index contributed by atoms with van der Waals surface area (Å²) in [6.45, 7) is 1.61. The topological polar surface area (TPSA) is 50.2 Å². The molecule has 1 saturated carbocycles. The molecule has 1 aliphatic carbocycles. The fraction of sp³-hybridized carbons (Fsp3) is 0.474. The smallest absolute Gasteiger partial charge is 0.317 e. The highest BCUT2D eigenvalue weighted by Gasteiger charge is 2.35. The molecule has 25 heavy (non-hydrogen) atoms. The first-order valence-electron chi connectivity index (χ1n) is 8.97. The number of imidazole rings is 1. The fourth-order valence-electron chi connectivity index (χ4n) is 3.96. The van der Waals surface area contributed by atoms with E-state index in [1.165, 1.54) is 6.07 Å². The number of hydrogen-bond donors (Lipinski definition) is 1. The number of aromatic nitrogens is 2. The maximum Gasteiger partial charge on any atom is 0.317 e. The standard InChI is InChI=1S/C19H23FN4O/c20-16-4-1-3-14(9-16)15-10-17(11-15)22-19(25)24-7-2-5-18(24)12-23-8-6-21-13-23/h1,3-4,6,8-9,13,15,17-18H,2,5,7,10-12H2,(H,22,25)/t15?,17?,18-/m1/s1. The van der Waals surface area contributed by atoms with Crippen molar-refractivity contribution >= 4 is 6.03 Å². The highest BCUT2D eigenvalue weighted by atomic mass is 19.1. The average Bonchev–Trinajstić information content (AvgIpc) is 3.22. The van der Waals surface area contributed by atoms with Gasteiger partial charge in [0.15, 0.2) is 0 Å². The molecule has 0 spiro atoms. The lowest BCUT2D eigenvalue weighted by Gasteiger charge is -2.38. The Hall–Kier alpha value is -2.37. The van der Waals surface area contributed by atoms with Crippen molar-refractivity contribution < 1.29 is 9.18 Å². The van der Waals surface area contributed by atoms with E-state index in [4.69, 9.17) is 0 Å². The van der Waals surface area contributed by atoms with Gasteiger partial charge in [0, 0.05) is 31.5 Å². The van der Waals surface area contributed by atoms with Crippen LogP contribution in [0, 0.1) is 5.82 Å². The van der Waals surface area contributed by atoms with Crippen LogP contribution in [-0.4, -0.2) is 39.1 Å². The molecule has 2 amide bonds. The number of carbonyl (C=O) groups excluding carboxylic acids is 1. The van der Waals surface area contributed by atoms with Gasteiger partial charge in [-0.1, -0.05) is 12.1 Å². The number of likely N-dealkylation sites (tertiary alicyclic amines) is 1. The highest BCUT2D eigenvalue weighted by molar-refractivity contribution is 5.75. The quantitative estimate of drug-likeness (QED) is 0.928. The number of halogens is 1. The monoisotopic (exact) mass is 342 g/mol. The van der Waals surface area contributed by atoms with Crippen LogP contribution in [0.5, 0.6) is 0 Å². The number of rotatable bonds is 4. The minimum Gasteiger partial charge on any atom is -0.335 e. The number of benzene rings is 1. The van der Waals surface area contributed by atoms with E-state index in [1.807, 2.05) is 21.7 Å².